The average molecular weight is 372 g/mol. The number of nitrogens with one attached hydrogen (secondary N) is 1. The number of ether oxygens (including phenoxy) is 2. The van der Waals surface area contributed by atoms with Gasteiger partial charge in [0.1, 0.15) is 11.6 Å². The van der Waals surface area contributed by atoms with Crippen LogP contribution in [0.2, 0.25) is 0 Å². The summed E-state index contributed by atoms with van der Waals surface area (Å²) in [6.45, 7) is 16.4. The van der Waals surface area contributed by atoms with E-state index in [0.717, 1.165) is 25.7 Å². The number of rotatable bonds is 11. The van der Waals surface area contributed by atoms with E-state index in [2.05, 4.69) is 33.0 Å². The summed E-state index contributed by atoms with van der Waals surface area (Å²) in [5, 5.41) is 2.67. The van der Waals surface area contributed by atoms with Crippen molar-refractivity contribution in [3.8, 4) is 0 Å². The standard InChI is InChI=1S/C21H41NO4/c1-9-10-11-12-13-14-25-19(24)22-17(16(2)3)18(23)26-21(7,8)15-20(4,5)6/h16-17H,9-15H2,1-8H3,(H,22,24). The Hall–Kier alpha value is -1.26. The third kappa shape index (κ3) is 12.2. The smallest absolute Gasteiger partial charge is 0.407 e. The second-order valence-electron chi connectivity index (χ2n) is 9.33. The molecule has 0 spiro atoms. The molecule has 1 amide bonds. The van der Waals surface area contributed by atoms with Crippen LogP contribution in [0.25, 0.3) is 0 Å². The van der Waals surface area contributed by atoms with Crippen LogP contribution in [0, 0.1) is 11.3 Å². The summed E-state index contributed by atoms with van der Waals surface area (Å²) in [5.74, 6) is -0.487. The van der Waals surface area contributed by atoms with Crippen molar-refractivity contribution < 1.29 is 19.1 Å². The van der Waals surface area contributed by atoms with E-state index in [1.165, 1.54) is 12.8 Å². The molecular weight excluding hydrogens is 330 g/mol. The maximum atomic E-state index is 12.6. The van der Waals surface area contributed by atoms with E-state index in [1.54, 1.807) is 0 Å². The molecule has 0 saturated heterocycles. The van der Waals surface area contributed by atoms with Gasteiger partial charge in [0, 0.05) is 0 Å². The number of hydrogen-bond donors (Lipinski definition) is 1. The molecular formula is C21H41NO4. The monoisotopic (exact) mass is 371 g/mol. The van der Waals surface area contributed by atoms with Gasteiger partial charge in [0.05, 0.1) is 6.61 Å². The lowest BCUT2D eigenvalue weighted by Crippen LogP contribution is -2.48. The molecule has 1 unspecified atom stereocenters. The van der Waals surface area contributed by atoms with Gasteiger partial charge in [0.25, 0.3) is 0 Å². The first-order chi connectivity index (χ1) is 11.9. The van der Waals surface area contributed by atoms with Crippen molar-refractivity contribution >= 4 is 12.1 Å². The van der Waals surface area contributed by atoms with Gasteiger partial charge in [-0.1, -0.05) is 67.2 Å². The van der Waals surface area contributed by atoms with Crippen LogP contribution < -0.4 is 5.32 Å². The first-order valence-corrected chi connectivity index (χ1v) is 10.0. The summed E-state index contributed by atoms with van der Waals surface area (Å²) in [6.07, 6.45) is 5.64. The van der Waals surface area contributed by atoms with Gasteiger partial charge in [-0.2, -0.15) is 0 Å². The molecule has 1 atom stereocenters. The first-order valence-electron chi connectivity index (χ1n) is 10.0. The van der Waals surface area contributed by atoms with E-state index in [0.29, 0.717) is 6.61 Å². The molecule has 0 fully saturated rings. The minimum Gasteiger partial charge on any atom is -0.458 e. The summed E-state index contributed by atoms with van der Waals surface area (Å²) >= 11 is 0. The van der Waals surface area contributed by atoms with E-state index >= 15 is 0 Å². The normalized spacial score (nSPS) is 13.4. The molecule has 0 radical (unpaired) electrons. The quantitative estimate of drug-likeness (QED) is 0.386. The number of carbonyl (C=O) groups is 2. The van der Waals surface area contributed by atoms with Crippen LogP contribution in [0.4, 0.5) is 4.79 Å². The van der Waals surface area contributed by atoms with E-state index < -0.39 is 23.7 Å². The average Bonchev–Trinajstić information content (AvgIpc) is 2.44. The van der Waals surface area contributed by atoms with Crippen LogP contribution in [-0.2, 0) is 14.3 Å². The van der Waals surface area contributed by atoms with Gasteiger partial charge in [-0.05, 0) is 38.0 Å². The highest BCUT2D eigenvalue weighted by Crippen LogP contribution is 2.30. The predicted molar refractivity (Wildman–Crippen MR) is 106 cm³/mol. The Morgan fingerprint density at radius 3 is 2.04 bits per heavy atom. The molecule has 0 aromatic rings. The second kappa shape index (κ2) is 11.5. The summed E-state index contributed by atoms with van der Waals surface area (Å²) in [6, 6.07) is -0.707. The Balaban J connectivity index is 4.49. The fourth-order valence-corrected chi connectivity index (χ4v) is 3.19. The lowest BCUT2D eigenvalue weighted by atomic mass is 9.83. The minimum atomic E-state index is -0.707. The topological polar surface area (TPSA) is 64.6 Å². The lowest BCUT2D eigenvalue weighted by molar-refractivity contribution is -0.162. The fraction of sp³-hybridized carbons (Fsp3) is 0.905. The third-order valence-electron chi connectivity index (χ3n) is 4.01. The Bertz CT molecular complexity index is 424. The number of esters is 1. The highest BCUT2D eigenvalue weighted by Gasteiger charge is 2.34. The van der Waals surface area contributed by atoms with Crippen LogP contribution in [0.3, 0.4) is 0 Å². The third-order valence-corrected chi connectivity index (χ3v) is 4.01. The number of hydrogen-bond acceptors (Lipinski definition) is 4. The SMILES string of the molecule is CCCCCCCOC(=O)NC(C(=O)OC(C)(C)CC(C)(C)C)C(C)C. The predicted octanol–water partition coefficient (Wildman–Crippen LogP) is 5.47. The van der Waals surface area contributed by atoms with Crippen LogP contribution in [0.5, 0.6) is 0 Å². The molecule has 0 aromatic carbocycles. The van der Waals surface area contributed by atoms with Crippen molar-refractivity contribution in [2.24, 2.45) is 11.3 Å². The van der Waals surface area contributed by atoms with Gasteiger partial charge < -0.3 is 14.8 Å². The molecule has 5 heteroatoms. The van der Waals surface area contributed by atoms with Gasteiger partial charge in [-0.15, -0.1) is 0 Å². The number of carbonyl (C=O) groups excluding carboxylic acids is 2. The van der Waals surface area contributed by atoms with Gasteiger partial charge in [-0.3, -0.25) is 0 Å². The van der Waals surface area contributed by atoms with E-state index in [-0.39, 0.29) is 11.3 Å². The molecule has 0 heterocycles. The van der Waals surface area contributed by atoms with Gasteiger partial charge >= 0.3 is 12.1 Å². The number of alkyl carbamates (subject to hydrolysis) is 1. The zero-order chi connectivity index (χ0) is 20.4. The maximum Gasteiger partial charge on any atom is 0.407 e. The van der Waals surface area contributed by atoms with Crippen LogP contribution in [0.1, 0.15) is 93.9 Å². The molecule has 5 nitrogen and oxygen atoms in total. The Labute approximate surface area is 160 Å². The van der Waals surface area contributed by atoms with Crippen molar-refractivity contribution in [1.29, 1.82) is 0 Å². The number of unbranched alkanes of at least 4 members (excludes halogenated alkanes) is 4. The van der Waals surface area contributed by atoms with Crippen LogP contribution in [0.15, 0.2) is 0 Å². The van der Waals surface area contributed by atoms with E-state index in [9.17, 15) is 9.59 Å². The lowest BCUT2D eigenvalue weighted by Gasteiger charge is -2.34. The molecule has 26 heavy (non-hydrogen) atoms. The molecule has 1 N–H and O–H groups in total. The zero-order valence-electron chi connectivity index (χ0n) is 18.2. The first kappa shape index (κ1) is 24.7. The van der Waals surface area contributed by atoms with Crippen molar-refractivity contribution in [3.05, 3.63) is 0 Å². The molecule has 154 valence electrons. The fourth-order valence-electron chi connectivity index (χ4n) is 3.19. The van der Waals surface area contributed by atoms with Crippen molar-refractivity contribution in [1.82, 2.24) is 5.32 Å². The molecule has 0 bridgehead atoms. The van der Waals surface area contributed by atoms with Crippen LogP contribution >= 0.6 is 0 Å². The van der Waals surface area contributed by atoms with Crippen LogP contribution in [-0.4, -0.2) is 30.3 Å². The highest BCUT2D eigenvalue weighted by molar-refractivity contribution is 5.81. The molecule has 0 rings (SSSR count). The summed E-state index contributed by atoms with van der Waals surface area (Å²) < 4.78 is 10.9. The van der Waals surface area contributed by atoms with E-state index in [4.69, 9.17) is 9.47 Å². The minimum absolute atomic E-state index is 0.0429. The van der Waals surface area contributed by atoms with Gasteiger partial charge in [-0.25, -0.2) is 9.59 Å². The molecule has 0 aliphatic carbocycles. The molecule has 0 aromatic heterocycles. The largest absolute Gasteiger partial charge is 0.458 e. The van der Waals surface area contributed by atoms with Gasteiger partial charge in [0.15, 0.2) is 0 Å². The van der Waals surface area contributed by atoms with E-state index in [1.807, 2.05) is 27.7 Å². The molecule has 0 saturated carbocycles. The Morgan fingerprint density at radius 1 is 0.962 bits per heavy atom. The van der Waals surface area contributed by atoms with Crippen molar-refractivity contribution in [2.45, 2.75) is 106 Å². The highest BCUT2D eigenvalue weighted by atomic mass is 16.6. The second-order valence-corrected chi connectivity index (χ2v) is 9.33. The Kier molecular flexibility index (Phi) is 10.9. The zero-order valence-corrected chi connectivity index (χ0v) is 18.2. The van der Waals surface area contributed by atoms with Gasteiger partial charge in [0.2, 0.25) is 0 Å². The van der Waals surface area contributed by atoms with Crippen molar-refractivity contribution in [3.63, 3.8) is 0 Å². The maximum absolute atomic E-state index is 12.6. The van der Waals surface area contributed by atoms with Crippen molar-refractivity contribution in [2.75, 3.05) is 6.61 Å². The molecule has 0 aliphatic heterocycles. The Morgan fingerprint density at radius 2 is 1.54 bits per heavy atom. The number of amides is 1. The summed E-state index contributed by atoms with van der Waals surface area (Å²) in [7, 11) is 0. The summed E-state index contributed by atoms with van der Waals surface area (Å²) in [5.41, 5.74) is -0.547. The molecule has 0 aliphatic rings. The summed E-state index contributed by atoms with van der Waals surface area (Å²) in [4.78, 5) is 24.6.